The summed E-state index contributed by atoms with van der Waals surface area (Å²) >= 11 is 0.936. The van der Waals surface area contributed by atoms with Gasteiger partial charge in [0.25, 0.3) is 0 Å². The van der Waals surface area contributed by atoms with Crippen LogP contribution in [0.4, 0.5) is 13.2 Å². The summed E-state index contributed by atoms with van der Waals surface area (Å²) in [5, 5.41) is 11.9. The quantitative estimate of drug-likeness (QED) is 0.851. The molecule has 0 aromatic carbocycles. The summed E-state index contributed by atoms with van der Waals surface area (Å²) in [5.74, 6) is -1.26. The predicted octanol–water partition coefficient (Wildman–Crippen LogP) is 2.16. The molecule has 0 aliphatic carbocycles. The molecule has 0 aliphatic rings. The monoisotopic (exact) mass is 292 g/mol. The van der Waals surface area contributed by atoms with E-state index in [4.69, 9.17) is 0 Å². The highest BCUT2D eigenvalue weighted by Crippen LogP contribution is 2.25. The summed E-state index contributed by atoms with van der Waals surface area (Å²) in [6.07, 6.45) is -5.60. The van der Waals surface area contributed by atoms with Crippen LogP contribution in [0.25, 0.3) is 4.96 Å². The summed E-state index contributed by atoms with van der Waals surface area (Å²) in [6, 6.07) is 0. The summed E-state index contributed by atoms with van der Waals surface area (Å²) in [7, 11) is 0. The van der Waals surface area contributed by atoms with Gasteiger partial charge in [0.2, 0.25) is 10.7 Å². The molecule has 104 valence electrons. The number of hydrogen-bond donors (Lipinski definition) is 0. The highest BCUT2D eigenvalue weighted by molar-refractivity contribution is 7.16. The number of aromatic nitrogens is 4. The molecule has 19 heavy (non-hydrogen) atoms. The van der Waals surface area contributed by atoms with E-state index in [1.807, 2.05) is 20.8 Å². The third kappa shape index (κ3) is 2.75. The molecule has 2 aromatic heterocycles. The first kappa shape index (κ1) is 13.9. The van der Waals surface area contributed by atoms with Crippen LogP contribution in [-0.2, 0) is 16.6 Å². The topological polar surface area (TPSA) is 60.2 Å². The maximum Gasteiger partial charge on any atom is 0.450 e. The van der Waals surface area contributed by atoms with E-state index in [-0.39, 0.29) is 10.4 Å². The molecular weight excluding hydrogens is 281 g/mol. The van der Waals surface area contributed by atoms with Gasteiger partial charge in [0.15, 0.2) is 5.82 Å². The second kappa shape index (κ2) is 4.26. The van der Waals surface area contributed by atoms with Gasteiger partial charge in [0, 0.05) is 5.41 Å². The van der Waals surface area contributed by atoms with Crippen LogP contribution >= 0.6 is 11.3 Å². The molecule has 0 saturated heterocycles. The van der Waals surface area contributed by atoms with Crippen LogP contribution in [0, 0.1) is 0 Å². The van der Waals surface area contributed by atoms with Gasteiger partial charge in [-0.05, 0) is 0 Å². The maximum atomic E-state index is 12.2. The van der Waals surface area contributed by atoms with Crippen molar-refractivity contribution in [3.05, 3.63) is 10.8 Å². The Hall–Kier alpha value is -1.51. The van der Waals surface area contributed by atoms with Crippen molar-refractivity contribution in [1.82, 2.24) is 19.8 Å². The van der Waals surface area contributed by atoms with Crippen molar-refractivity contribution in [1.29, 1.82) is 0 Å². The van der Waals surface area contributed by atoms with Gasteiger partial charge < -0.3 is 0 Å². The third-order valence-corrected chi connectivity index (χ3v) is 3.23. The fourth-order valence-corrected chi connectivity index (χ4v) is 2.27. The smallest absolute Gasteiger partial charge is 0.289 e. The van der Waals surface area contributed by atoms with Crippen LogP contribution in [0.15, 0.2) is 0 Å². The largest absolute Gasteiger partial charge is 0.450 e. The van der Waals surface area contributed by atoms with Crippen molar-refractivity contribution < 1.29 is 18.0 Å². The van der Waals surface area contributed by atoms with Crippen molar-refractivity contribution in [2.24, 2.45) is 0 Å². The van der Waals surface area contributed by atoms with Crippen molar-refractivity contribution in [2.45, 2.75) is 38.8 Å². The van der Waals surface area contributed by atoms with E-state index in [2.05, 4.69) is 15.3 Å². The second-order valence-electron chi connectivity index (χ2n) is 5.06. The first-order chi connectivity index (χ1) is 8.59. The predicted molar refractivity (Wildman–Crippen MR) is 62.1 cm³/mol. The fraction of sp³-hybridized carbons (Fsp3) is 0.600. The molecule has 0 unspecified atom stereocenters. The van der Waals surface area contributed by atoms with Gasteiger partial charge in [0.1, 0.15) is 5.01 Å². The zero-order chi connectivity index (χ0) is 14.4. The van der Waals surface area contributed by atoms with Crippen LogP contribution in [0.1, 0.15) is 31.6 Å². The van der Waals surface area contributed by atoms with Crippen molar-refractivity contribution in [3.63, 3.8) is 0 Å². The first-order valence-electron chi connectivity index (χ1n) is 5.40. The molecule has 0 fully saturated rings. The number of Topliss-reactive ketones (excluding diaryl/α,β-unsaturated/α-hetero) is 1. The highest BCUT2D eigenvalue weighted by Gasteiger charge is 2.38. The number of halogens is 3. The fourth-order valence-electron chi connectivity index (χ4n) is 1.43. The molecule has 2 heterocycles. The van der Waals surface area contributed by atoms with Crippen LogP contribution < -0.4 is 0 Å². The van der Waals surface area contributed by atoms with Crippen molar-refractivity contribution >= 4 is 22.1 Å². The average Bonchev–Trinajstić information content (AvgIpc) is 2.72. The SMILES string of the molecule is CC(C)(C)c1nnc2sc(CC(=O)C(F)(F)F)nn12. The van der Waals surface area contributed by atoms with Gasteiger partial charge in [-0.15, -0.1) is 10.2 Å². The molecule has 5 nitrogen and oxygen atoms in total. The number of carbonyl (C=O) groups is 1. The molecule has 0 saturated carbocycles. The Morgan fingerprint density at radius 1 is 1.26 bits per heavy atom. The Bertz CT molecular complexity index is 623. The minimum atomic E-state index is -4.83. The lowest BCUT2D eigenvalue weighted by molar-refractivity contribution is -0.170. The molecule has 2 aromatic rings. The molecule has 2 rings (SSSR count). The zero-order valence-electron chi connectivity index (χ0n) is 10.4. The van der Waals surface area contributed by atoms with Gasteiger partial charge in [-0.1, -0.05) is 32.1 Å². The molecule has 0 spiro atoms. The molecular formula is C10H11F3N4OS. The van der Waals surface area contributed by atoms with E-state index in [1.165, 1.54) is 4.52 Å². The molecule has 0 aliphatic heterocycles. The number of fused-ring (bicyclic) bond motifs is 1. The maximum absolute atomic E-state index is 12.2. The molecule has 0 N–H and O–H groups in total. The van der Waals surface area contributed by atoms with Gasteiger partial charge in [-0.3, -0.25) is 4.79 Å². The number of alkyl halides is 3. The van der Waals surface area contributed by atoms with Gasteiger partial charge in [-0.2, -0.15) is 22.8 Å². The lowest BCUT2D eigenvalue weighted by atomic mass is 9.96. The lowest BCUT2D eigenvalue weighted by Gasteiger charge is -2.13. The summed E-state index contributed by atoms with van der Waals surface area (Å²) in [5.41, 5.74) is -0.335. The summed E-state index contributed by atoms with van der Waals surface area (Å²) in [6.45, 7) is 5.68. The van der Waals surface area contributed by atoms with E-state index < -0.39 is 18.4 Å². The van der Waals surface area contributed by atoms with Crippen LogP contribution in [0.5, 0.6) is 0 Å². The Morgan fingerprint density at radius 3 is 2.42 bits per heavy atom. The van der Waals surface area contributed by atoms with Crippen LogP contribution in [-0.4, -0.2) is 31.8 Å². The second-order valence-corrected chi connectivity index (χ2v) is 6.10. The van der Waals surface area contributed by atoms with Crippen molar-refractivity contribution in [2.75, 3.05) is 0 Å². The lowest BCUT2D eigenvalue weighted by Crippen LogP contribution is -2.24. The molecule has 0 atom stereocenters. The van der Waals surface area contributed by atoms with Gasteiger partial charge in [-0.25, -0.2) is 0 Å². The Morgan fingerprint density at radius 2 is 1.89 bits per heavy atom. The van der Waals surface area contributed by atoms with E-state index in [1.54, 1.807) is 0 Å². The minimum absolute atomic E-state index is 0.0812. The average molecular weight is 292 g/mol. The summed E-state index contributed by atoms with van der Waals surface area (Å²) in [4.78, 5) is 11.3. The molecule has 0 bridgehead atoms. The number of nitrogens with zero attached hydrogens (tertiary/aromatic N) is 4. The standard InChI is InChI=1S/C10H11F3N4OS/c1-9(2,3)7-14-15-8-17(7)16-6(19-8)4-5(18)10(11,12)13/h4H2,1-3H3. The Kier molecular flexibility index (Phi) is 3.12. The normalized spacial score (nSPS) is 13.2. The number of hydrogen-bond acceptors (Lipinski definition) is 5. The van der Waals surface area contributed by atoms with Crippen LogP contribution in [0.2, 0.25) is 0 Å². The van der Waals surface area contributed by atoms with E-state index in [0.29, 0.717) is 10.8 Å². The van der Waals surface area contributed by atoms with Crippen molar-refractivity contribution in [3.8, 4) is 0 Å². The third-order valence-electron chi connectivity index (χ3n) is 2.33. The summed E-state index contributed by atoms with van der Waals surface area (Å²) < 4.78 is 37.9. The minimum Gasteiger partial charge on any atom is -0.289 e. The Labute approximate surface area is 110 Å². The number of ketones is 1. The van der Waals surface area contributed by atoms with E-state index >= 15 is 0 Å². The first-order valence-corrected chi connectivity index (χ1v) is 6.22. The number of carbonyl (C=O) groups excluding carboxylic acids is 1. The number of rotatable bonds is 2. The molecule has 9 heteroatoms. The van der Waals surface area contributed by atoms with Gasteiger partial charge >= 0.3 is 6.18 Å². The van der Waals surface area contributed by atoms with E-state index in [9.17, 15) is 18.0 Å². The Balaban J connectivity index is 2.33. The van der Waals surface area contributed by atoms with E-state index in [0.717, 1.165) is 11.3 Å². The zero-order valence-corrected chi connectivity index (χ0v) is 11.3. The van der Waals surface area contributed by atoms with Gasteiger partial charge in [0.05, 0.1) is 6.42 Å². The highest BCUT2D eigenvalue weighted by atomic mass is 32.1. The molecule has 0 radical (unpaired) electrons. The molecule has 0 amide bonds. The van der Waals surface area contributed by atoms with Crippen LogP contribution in [0.3, 0.4) is 0 Å².